The molecule has 18 heavy (non-hydrogen) atoms. The maximum absolute atomic E-state index is 11.9. The summed E-state index contributed by atoms with van der Waals surface area (Å²) >= 11 is 0. The minimum Gasteiger partial charge on any atom is -0.466 e. The first kappa shape index (κ1) is 13.1. The minimum absolute atomic E-state index is 0.0171. The fourth-order valence-electron chi connectivity index (χ4n) is 2.82. The average molecular weight is 246 g/mol. The van der Waals surface area contributed by atoms with Gasteiger partial charge in [-0.25, -0.2) is 0 Å². The lowest BCUT2D eigenvalue weighted by Gasteiger charge is -2.35. The number of carbonyl (C=O) groups excluding carboxylic acids is 1. The Bertz CT molecular complexity index is 389. The van der Waals surface area contributed by atoms with Crippen LogP contribution >= 0.6 is 0 Å². The van der Waals surface area contributed by atoms with Crippen LogP contribution in [0.1, 0.15) is 51.0 Å². The van der Waals surface area contributed by atoms with Gasteiger partial charge in [-0.05, 0) is 51.0 Å². The molecular formula is C16H22O2. The van der Waals surface area contributed by atoms with Gasteiger partial charge in [0.05, 0.1) is 12.0 Å². The van der Waals surface area contributed by atoms with Crippen LogP contribution in [0.25, 0.3) is 0 Å². The summed E-state index contributed by atoms with van der Waals surface area (Å²) in [6.07, 6.45) is 4.04. The number of benzene rings is 1. The molecule has 0 aromatic heterocycles. The third-order valence-electron chi connectivity index (χ3n) is 4.13. The lowest BCUT2D eigenvalue weighted by Crippen LogP contribution is -2.33. The van der Waals surface area contributed by atoms with Crippen LogP contribution in [0.3, 0.4) is 0 Å². The monoisotopic (exact) mass is 246 g/mol. The molecule has 0 spiro atoms. The van der Waals surface area contributed by atoms with Crippen molar-refractivity contribution in [1.82, 2.24) is 0 Å². The molecule has 0 unspecified atom stereocenters. The minimum atomic E-state index is -0.263. The fourth-order valence-corrected chi connectivity index (χ4v) is 2.82. The van der Waals surface area contributed by atoms with E-state index in [0.29, 0.717) is 12.5 Å². The molecule has 1 aliphatic carbocycles. The van der Waals surface area contributed by atoms with Gasteiger partial charge in [-0.3, -0.25) is 4.79 Å². The molecule has 0 amide bonds. The summed E-state index contributed by atoms with van der Waals surface area (Å²) in [6.45, 7) is 4.40. The van der Waals surface area contributed by atoms with Crippen LogP contribution in [0, 0.1) is 5.41 Å². The van der Waals surface area contributed by atoms with Crippen molar-refractivity contribution >= 4 is 5.97 Å². The van der Waals surface area contributed by atoms with Crippen LogP contribution in [-0.4, -0.2) is 12.6 Å². The SMILES string of the molecule is CCOC(=O)C1(C)CCC(c2ccccc2)CC1. The summed E-state index contributed by atoms with van der Waals surface area (Å²) < 4.78 is 5.19. The Kier molecular flexibility index (Phi) is 4.05. The molecule has 1 aromatic carbocycles. The number of rotatable bonds is 3. The van der Waals surface area contributed by atoms with Crippen molar-refractivity contribution in [3.63, 3.8) is 0 Å². The Balaban J connectivity index is 1.97. The maximum atomic E-state index is 11.9. The third kappa shape index (κ3) is 2.74. The van der Waals surface area contributed by atoms with Crippen molar-refractivity contribution in [3.05, 3.63) is 35.9 Å². The summed E-state index contributed by atoms with van der Waals surface area (Å²) in [5.41, 5.74) is 1.14. The first-order valence-electron chi connectivity index (χ1n) is 6.88. The molecule has 0 bridgehead atoms. The van der Waals surface area contributed by atoms with E-state index in [2.05, 4.69) is 30.3 Å². The molecule has 0 atom stereocenters. The number of esters is 1. The second-order valence-corrected chi connectivity index (χ2v) is 5.47. The van der Waals surface area contributed by atoms with Gasteiger partial charge >= 0.3 is 5.97 Å². The van der Waals surface area contributed by atoms with Crippen LogP contribution in [-0.2, 0) is 9.53 Å². The third-order valence-corrected chi connectivity index (χ3v) is 4.13. The smallest absolute Gasteiger partial charge is 0.311 e. The van der Waals surface area contributed by atoms with E-state index < -0.39 is 0 Å². The van der Waals surface area contributed by atoms with Crippen LogP contribution < -0.4 is 0 Å². The topological polar surface area (TPSA) is 26.3 Å². The summed E-state index contributed by atoms with van der Waals surface area (Å²) in [6, 6.07) is 10.6. The predicted octanol–water partition coefficient (Wildman–Crippen LogP) is 3.91. The van der Waals surface area contributed by atoms with E-state index in [1.54, 1.807) is 0 Å². The van der Waals surface area contributed by atoms with E-state index in [4.69, 9.17) is 4.74 Å². The number of carbonyl (C=O) groups is 1. The van der Waals surface area contributed by atoms with E-state index in [1.807, 2.05) is 13.8 Å². The van der Waals surface area contributed by atoms with Crippen molar-refractivity contribution in [2.75, 3.05) is 6.61 Å². The standard InChI is InChI=1S/C16H22O2/c1-3-18-15(17)16(2)11-9-14(10-12-16)13-7-5-4-6-8-13/h4-8,14H,3,9-12H2,1-2H3. The van der Waals surface area contributed by atoms with E-state index in [0.717, 1.165) is 25.7 Å². The van der Waals surface area contributed by atoms with Crippen LogP contribution in [0.15, 0.2) is 30.3 Å². The maximum Gasteiger partial charge on any atom is 0.311 e. The van der Waals surface area contributed by atoms with Crippen molar-refractivity contribution in [1.29, 1.82) is 0 Å². The van der Waals surface area contributed by atoms with E-state index in [-0.39, 0.29) is 11.4 Å². The molecule has 2 rings (SSSR count). The highest BCUT2D eigenvalue weighted by atomic mass is 16.5. The van der Waals surface area contributed by atoms with Crippen LogP contribution in [0.4, 0.5) is 0 Å². The lowest BCUT2D eigenvalue weighted by molar-refractivity contribution is -0.156. The highest BCUT2D eigenvalue weighted by molar-refractivity contribution is 5.76. The van der Waals surface area contributed by atoms with Crippen molar-refractivity contribution < 1.29 is 9.53 Å². The van der Waals surface area contributed by atoms with Crippen LogP contribution in [0.5, 0.6) is 0 Å². The van der Waals surface area contributed by atoms with E-state index >= 15 is 0 Å². The number of hydrogen-bond acceptors (Lipinski definition) is 2. The highest BCUT2D eigenvalue weighted by Gasteiger charge is 2.38. The molecule has 0 saturated heterocycles. The molecule has 1 saturated carbocycles. The zero-order chi connectivity index (χ0) is 13.0. The van der Waals surface area contributed by atoms with E-state index in [1.165, 1.54) is 5.56 Å². The van der Waals surface area contributed by atoms with Gasteiger partial charge in [0.1, 0.15) is 0 Å². The van der Waals surface area contributed by atoms with Crippen molar-refractivity contribution in [2.45, 2.75) is 45.4 Å². The summed E-state index contributed by atoms with van der Waals surface area (Å²) in [5.74, 6) is 0.588. The van der Waals surface area contributed by atoms with E-state index in [9.17, 15) is 4.79 Å². The Morgan fingerprint density at radius 2 is 1.89 bits per heavy atom. The molecule has 98 valence electrons. The normalized spacial score (nSPS) is 27.8. The molecule has 0 N–H and O–H groups in total. The Labute approximate surface area is 109 Å². The first-order valence-corrected chi connectivity index (χ1v) is 6.88. The lowest BCUT2D eigenvalue weighted by atomic mass is 9.70. The van der Waals surface area contributed by atoms with Gasteiger partial charge in [0.2, 0.25) is 0 Å². The zero-order valence-electron chi connectivity index (χ0n) is 11.3. The first-order chi connectivity index (χ1) is 8.65. The van der Waals surface area contributed by atoms with Gasteiger partial charge < -0.3 is 4.74 Å². The molecule has 0 aliphatic heterocycles. The number of hydrogen-bond donors (Lipinski definition) is 0. The number of ether oxygens (including phenoxy) is 1. The van der Waals surface area contributed by atoms with Gasteiger partial charge in [0.25, 0.3) is 0 Å². The second kappa shape index (κ2) is 5.55. The molecule has 2 heteroatoms. The molecule has 1 aromatic rings. The van der Waals surface area contributed by atoms with Gasteiger partial charge in [-0.2, -0.15) is 0 Å². The molecule has 2 nitrogen and oxygen atoms in total. The summed E-state index contributed by atoms with van der Waals surface area (Å²) in [4.78, 5) is 11.9. The van der Waals surface area contributed by atoms with Gasteiger partial charge in [0.15, 0.2) is 0 Å². The highest BCUT2D eigenvalue weighted by Crippen LogP contribution is 2.43. The average Bonchev–Trinajstić information content (AvgIpc) is 2.41. The molecule has 1 aliphatic rings. The Hall–Kier alpha value is -1.31. The Morgan fingerprint density at radius 3 is 2.44 bits per heavy atom. The van der Waals surface area contributed by atoms with Gasteiger partial charge in [0, 0.05) is 0 Å². The quantitative estimate of drug-likeness (QED) is 0.756. The van der Waals surface area contributed by atoms with Crippen LogP contribution in [0.2, 0.25) is 0 Å². The van der Waals surface area contributed by atoms with Crippen molar-refractivity contribution in [2.24, 2.45) is 5.41 Å². The summed E-state index contributed by atoms with van der Waals surface area (Å²) in [7, 11) is 0. The summed E-state index contributed by atoms with van der Waals surface area (Å²) in [5, 5.41) is 0. The largest absolute Gasteiger partial charge is 0.466 e. The zero-order valence-corrected chi connectivity index (χ0v) is 11.3. The Morgan fingerprint density at radius 1 is 1.28 bits per heavy atom. The predicted molar refractivity (Wildman–Crippen MR) is 72.4 cm³/mol. The van der Waals surface area contributed by atoms with Gasteiger partial charge in [-0.1, -0.05) is 30.3 Å². The molecule has 0 radical (unpaired) electrons. The molecule has 0 heterocycles. The molecule has 1 fully saturated rings. The second-order valence-electron chi connectivity index (χ2n) is 5.47. The fraction of sp³-hybridized carbons (Fsp3) is 0.562. The molecular weight excluding hydrogens is 224 g/mol. The van der Waals surface area contributed by atoms with Gasteiger partial charge in [-0.15, -0.1) is 0 Å². The van der Waals surface area contributed by atoms with Crippen molar-refractivity contribution in [3.8, 4) is 0 Å².